The van der Waals surface area contributed by atoms with Gasteiger partial charge < -0.3 is 4.74 Å². The van der Waals surface area contributed by atoms with E-state index in [0.29, 0.717) is 11.3 Å². The third kappa shape index (κ3) is 2.61. The molecule has 0 unspecified atom stereocenters. The van der Waals surface area contributed by atoms with Crippen LogP contribution >= 0.6 is 11.6 Å². The van der Waals surface area contributed by atoms with Gasteiger partial charge in [-0.3, -0.25) is 0 Å². The number of rotatable bonds is 4. The zero-order valence-electron chi connectivity index (χ0n) is 10.1. The Bertz CT molecular complexity index is 542. The van der Waals surface area contributed by atoms with E-state index < -0.39 is 5.82 Å². The van der Waals surface area contributed by atoms with Gasteiger partial charge in [0.15, 0.2) is 17.4 Å². The summed E-state index contributed by atoms with van der Waals surface area (Å²) in [5, 5.41) is 4.02. The van der Waals surface area contributed by atoms with Gasteiger partial charge in [-0.2, -0.15) is 5.10 Å². The second-order valence-electron chi connectivity index (χ2n) is 4.03. The van der Waals surface area contributed by atoms with Crippen molar-refractivity contribution in [2.75, 3.05) is 0 Å². The van der Waals surface area contributed by atoms with Crippen LogP contribution in [-0.4, -0.2) is 20.9 Å². The Kier molecular flexibility index (Phi) is 3.81. The van der Waals surface area contributed by atoms with Gasteiger partial charge in [0, 0.05) is 11.8 Å². The molecule has 0 fully saturated rings. The first kappa shape index (κ1) is 12.8. The molecule has 0 saturated carbocycles. The Hall–Kier alpha value is -1.62. The van der Waals surface area contributed by atoms with Crippen LogP contribution in [0.4, 0.5) is 4.39 Å². The first-order valence-electron chi connectivity index (χ1n) is 5.53. The predicted octanol–water partition coefficient (Wildman–Crippen LogP) is 2.93. The van der Waals surface area contributed by atoms with Crippen LogP contribution in [0.2, 0.25) is 0 Å². The smallest absolute Gasteiger partial charge is 0.190 e. The summed E-state index contributed by atoms with van der Waals surface area (Å²) in [4.78, 5) is 3.96. The molecule has 0 radical (unpaired) electrons. The number of aromatic nitrogens is 3. The first-order chi connectivity index (χ1) is 8.61. The predicted molar refractivity (Wildman–Crippen MR) is 66.6 cm³/mol. The summed E-state index contributed by atoms with van der Waals surface area (Å²) in [6.45, 7) is 3.81. The molecule has 6 heteroatoms. The Morgan fingerprint density at radius 2 is 2.28 bits per heavy atom. The molecule has 2 aromatic rings. The maximum absolute atomic E-state index is 14.0. The van der Waals surface area contributed by atoms with Crippen molar-refractivity contribution in [3.05, 3.63) is 36.0 Å². The highest BCUT2D eigenvalue weighted by molar-refractivity contribution is 6.17. The van der Waals surface area contributed by atoms with E-state index in [1.807, 2.05) is 13.8 Å². The van der Waals surface area contributed by atoms with E-state index in [1.54, 1.807) is 12.3 Å². The van der Waals surface area contributed by atoms with E-state index in [0.717, 1.165) is 0 Å². The van der Waals surface area contributed by atoms with Crippen molar-refractivity contribution >= 4 is 11.6 Å². The summed E-state index contributed by atoms with van der Waals surface area (Å²) in [6.07, 6.45) is 4.65. The lowest BCUT2D eigenvalue weighted by Crippen LogP contribution is -2.05. The number of ether oxygens (including phenoxy) is 1. The second kappa shape index (κ2) is 5.35. The monoisotopic (exact) mass is 269 g/mol. The summed E-state index contributed by atoms with van der Waals surface area (Å²) >= 11 is 5.64. The van der Waals surface area contributed by atoms with Crippen LogP contribution in [0.3, 0.4) is 0 Å². The molecule has 96 valence electrons. The fraction of sp³-hybridized carbons (Fsp3) is 0.333. The van der Waals surface area contributed by atoms with Crippen molar-refractivity contribution < 1.29 is 9.13 Å². The van der Waals surface area contributed by atoms with Gasteiger partial charge in [0.25, 0.3) is 0 Å². The van der Waals surface area contributed by atoms with Crippen molar-refractivity contribution in [1.82, 2.24) is 14.8 Å². The van der Waals surface area contributed by atoms with Crippen molar-refractivity contribution in [3.63, 3.8) is 0 Å². The van der Waals surface area contributed by atoms with Crippen LogP contribution in [0.5, 0.6) is 5.75 Å². The highest BCUT2D eigenvalue weighted by atomic mass is 35.5. The van der Waals surface area contributed by atoms with Crippen LogP contribution in [0, 0.1) is 5.82 Å². The third-order valence-corrected chi connectivity index (χ3v) is 2.53. The van der Waals surface area contributed by atoms with Gasteiger partial charge in [-0.1, -0.05) is 0 Å². The van der Waals surface area contributed by atoms with E-state index in [9.17, 15) is 4.39 Å². The van der Waals surface area contributed by atoms with Crippen LogP contribution < -0.4 is 4.74 Å². The van der Waals surface area contributed by atoms with E-state index in [4.69, 9.17) is 16.3 Å². The number of halogens is 2. The molecule has 18 heavy (non-hydrogen) atoms. The molecule has 0 spiro atoms. The second-order valence-corrected chi connectivity index (χ2v) is 4.30. The molecule has 0 bridgehead atoms. The summed E-state index contributed by atoms with van der Waals surface area (Å²) in [6, 6.07) is 1.54. The number of hydrogen-bond acceptors (Lipinski definition) is 3. The van der Waals surface area contributed by atoms with Gasteiger partial charge in [0.2, 0.25) is 0 Å². The van der Waals surface area contributed by atoms with Crippen LogP contribution in [0.1, 0.15) is 19.4 Å². The summed E-state index contributed by atoms with van der Waals surface area (Å²) in [7, 11) is 0. The molecule has 2 heterocycles. The van der Waals surface area contributed by atoms with Crippen LogP contribution in [-0.2, 0) is 5.88 Å². The first-order valence-corrected chi connectivity index (χ1v) is 6.06. The molecule has 0 atom stereocenters. The zero-order valence-corrected chi connectivity index (χ0v) is 10.9. The van der Waals surface area contributed by atoms with Gasteiger partial charge in [0.1, 0.15) is 0 Å². The third-order valence-electron chi connectivity index (χ3n) is 2.24. The lowest BCUT2D eigenvalue weighted by molar-refractivity contribution is 0.242. The maximum Gasteiger partial charge on any atom is 0.190 e. The normalized spacial score (nSPS) is 10.9. The Morgan fingerprint density at radius 3 is 2.94 bits per heavy atom. The van der Waals surface area contributed by atoms with Gasteiger partial charge in [-0.15, -0.1) is 11.6 Å². The van der Waals surface area contributed by atoms with Crippen molar-refractivity contribution in [2.45, 2.75) is 25.8 Å². The number of nitrogens with zero attached hydrogens (tertiary/aromatic N) is 3. The number of hydrogen-bond donors (Lipinski definition) is 0. The summed E-state index contributed by atoms with van der Waals surface area (Å²) in [5.74, 6) is 0.318. The van der Waals surface area contributed by atoms with Gasteiger partial charge in [0.05, 0.1) is 24.4 Å². The van der Waals surface area contributed by atoms with Gasteiger partial charge in [-0.25, -0.2) is 14.1 Å². The van der Waals surface area contributed by atoms with Crippen molar-refractivity contribution in [3.8, 4) is 11.6 Å². The fourth-order valence-electron chi connectivity index (χ4n) is 1.49. The standard InChI is InChI=1S/C12H13ClFN3O/c1-8(2)18-10-6-16-17(7-10)12-11(14)9(5-13)3-4-15-12/h3-4,6-8H,5H2,1-2H3. The van der Waals surface area contributed by atoms with Crippen molar-refractivity contribution in [1.29, 1.82) is 0 Å². The van der Waals surface area contributed by atoms with Crippen molar-refractivity contribution in [2.24, 2.45) is 0 Å². The zero-order chi connectivity index (χ0) is 13.1. The van der Waals surface area contributed by atoms with E-state index >= 15 is 0 Å². The maximum atomic E-state index is 14.0. The number of pyridine rings is 1. The fourth-order valence-corrected chi connectivity index (χ4v) is 1.70. The molecule has 2 aromatic heterocycles. The Morgan fingerprint density at radius 1 is 1.50 bits per heavy atom. The summed E-state index contributed by atoms with van der Waals surface area (Å²) < 4.78 is 20.8. The molecule has 0 aliphatic carbocycles. The molecular weight excluding hydrogens is 257 g/mol. The average Bonchev–Trinajstić information content (AvgIpc) is 2.76. The molecule has 0 aliphatic heterocycles. The SMILES string of the molecule is CC(C)Oc1cnn(-c2nccc(CCl)c2F)c1. The number of alkyl halides is 1. The van der Waals surface area contributed by atoms with E-state index in [2.05, 4.69) is 10.1 Å². The minimum Gasteiger partial charge on any atom is -0.488 e. The largest absolute Gasteiger partial charge is 0.488 e. The van der Waals surface area contributed by atoms with Gasteiger partial charge in [-0.05, 0) is 19.9 Å². The quantitative estimate of drug-likeness (QED) is 0.801. The molecule has 0 aromatic carbocycles. The lowest BCUT2D eigenvalue weighted by Gasteiger charge is -2.06. The van der Waals surface area contributed by atoms with Crippen LogP contribution in [0.15, 0.2) is 24.7 Å². The van der Waals surface area contributed by atoms with Gasteiger partial charge >= 0.3 is 0 Å². The van der Waals surface area contributed by atoms with E-state index in [-0.39, 0.29) is 17.8 Å². The molecule has 4 nitrogen and oxygen atoms in total. The summed E-state index contributed by atoms with van der Waals surface area (Å²) in [5.41, 5.74) is 0.392. The molecule has 0 aliphatic rings. The van der Waals surface area contributed by atoms with E-state index in [1.165, 1.54) is 17.1 Å². The van der Waals surface area contributed by atoms with Crippen LogP contribution in [0.25, 0.3) is 5.82 Å². The molecule has 2 rings (SSSR count). The molecular formula is C12H13ClFN3O. The molecule has 0 N–H and O–H groups in total. The minimum atomic E-state index is -0.466. The molecule has 0 saturated heterocycles. The minimum absolute atomic E-state index is 0.0367. The Balaban J connectivity index is 2.34. The topological polar surface area (TPSA) is 39.9 Å². The highest BCUT2D eigenvalue weighted by Crippen LogP contribution is 2.18. The average molecular weight is 270 g/mol. The highest BCUT2D eigenvalue weighted by Gasteiger charge is 2.12. The lowest BCUT2D eigenvalue weighted by atomic mass is 10.3. The Labute approximate surface area is 109 Å². The molecule has 0 amide bonds.